The molecule has 1 fully saturated rings. The zero-order valence-electron chi connectivity index (χ0n) is 9.92. The molecule has 1 N–H and O–H groups in total. The summed E-state index contributed by atoms with van der Waals surface area (Å²) in [5.74, 6) is 0.0279. The summed E-state index contributed by atoms with van der Waals surface area (Å²) in [4.78, 5) is 11.3. The van der Waals surface area contributed by atoms with Gasteiger partial charge in [0.1, 0.15) is 5.75 Å². The molecule has 0 radical (unpaired) electrons. The van der Waals surface area contributed by atoms with Crippen LogP contribution in [0.2, 0.25) is 0 Å². The lowest BCUT2D eigenvalue weighted by Crippen LogP contribution is -2.19. The molecule has 0 heterocycles. The molecule has 0 atom stereocenters. The van der Waals surface area contributed by atoms with Gasteiger partial charge in [-0.05, 0) is 37.0 Å². The molecule has 1 saturated carbocycles. The van der Waals surface area contributed by atoms with Gasteiger partial charge in [-0.2, -0.15) is 0 Å². The number of ether oxygens (including phenoxy) is 1. The maximum absolute atomic E-state index is 11.3. The Hall–Kier alpha value is -1.03. The highest BCUT2D eigenvalue weighted by molar-refractivity contribution is 9.10. The third-order valence-electron chi connectivity index (χ3n) is 3.44. The number of carbonyl (C=O) groups is 1. The van der Waals surface area contributed by atoms with Gasteiger partial charge in [0.15, 0.2) is 0 Å². The summed E-state index contributed by atoms with van der Waals surface area (Å²) < 4.78 is 6.27. The van der Waals surface area contributed by atoms with Gasteiger partial charge in [0.2, 0.25) is 0 Å². The smallest absolute Gasteiger partial charge is 0.314 e. The summed E-state index contributed by atoms with van der Waals surface area (Å²) in [7, 11) is 1.62. The summed E-state index contributed by atoms with van der Waals surface area (Å²) in [5, 5.41) is 9.28. The molecule has 0 unspecified atom stereocenters. The molecule has 1 aromatic rings. The lowest BCUT2D eigenvalue weighted by molar-refractivity contribution is -0.140. The van der Waals surface area contributed by atoms with E-state index in [0.29, 0.717) is 12.8 Å². The van der Waals surface area contributed by atoms with Crippen LogP contribution in [0.3, 0.4) is 0 Å². The number of halogens is 1. The summed E-state index contributed by atoms with van der Waals surface area (Å²) in [5.41, 5.74) is 1.24. The van der Waals surface area contributed by atoms with Gasteiger partial charge in [-0.15, -0.1) is 0 Å². The maximum Gasteiger partial charge on any atom is 0.314 e. The Morgan fingerprint density at radius 3 is 2.59 bits per heavy atom. The van der Waals surface area contributed by atoms with E-state index in [4.69, 9.17) is 4.74 Å². The van der Waals surface area contributed by atoms with Gasteiger partial charge < -0.3 is 9.84 Å². The van der Waals surface area contributed by atoms with Crippen LogP contribution in [0, 0.1) is 0 Å². The molecule has 0 spiro atoms. The molecule has 17 heavy (non-hydrogen) atoms. The van der Waals surface area contributed by atoms with E-state index in [0.717, 1.165) is 27.8 Å². The van der Waals surface area contributed by atoms with Crippen LogP contribution in [0.25, 0.3) is 0 Å². The summed E-state index contributed by atoms with van der Waals surface area (Å²) in [6.07, 6.45) is 2.27. The quantitative estimate of drug-likeness (QED) is 0.929. The van der Waals surface area contributed by atoms with Crippen molar-refractivity contribution in [3.8, 4) is 5.75 Å². The molecule has 1 aliphatic rings. The molecule has 3 nitrogen and oxygen atoms in total. The second kappa shape index (κ2) is 4.33. The van der Waals surface area contributed by atoms with Crippen LogP contribution < -0.4 is 4.74 Å². The maximum atomic E-state index is 11.3. The lowest BCUT2D eigenvalue weighted by Gasteiger charge is -2.15. The highest BCUT2D eigenvalue weighted by atomic mass is 79.9. The molecular formula is C13H15BrO3. The monoisotopic (exact) mass is 298 g/mol. The van der Waals surface area contributed by atoms with E-state index in [1.807, 2.05) is 19.1 Å². The molecule has 2 rings (SSSR count). The van der Waals surface area contributed by atoms with Gasteiger partial charge in [0, 0.05) is 10.0 Å². The van der Waals surface area contributed by atoms with Crippen molar-refractivity contribution in [3.63, 3.8) is 0 Å². The average molecular weight is 299 g/mol. The van der Waals surface area contributed by atoms with E-state index >= 15 is 0 Å². The molecule has 1 aliphatic carbocycles. The molecule has 0 amide bonds. The number of hydrogen-bond acceptors (Lipinski definition) is 2. The van der Waals surface area contributed by atoms with E-state index in [1.165, 1.54) is 0 Å². The Morgan fingerprint density at radius 1 is 1.53 bits per heavy atom. The van der Waals surface area contributed by atoms with Gasteiger partial charge in [-0.3, -0.25) is 4.79 Å². The van der Waals surface area contributed by atoms with Crippen molar-refractivity contribution in [2.75, 3.05) is 7.11 Å². The molecule has 1 aromatic carbocycles. The van der Waals surface area contributed by atoms with Crippen molar-refractivity contribution in [2.45, 2.75) is 31.6 Å². The Labute approximate surface area is 109 Å². The second-order valence-corrected chi connectivity index (χ2v) is 5.23. The molecular weight excluding hydrogens is 284 g/mol. The van der Waals surface area contributed by atoms with Gasteiger partial charge in [-0.25, -0.2) is 0 Å². The Balaban J connectivity index is 2.51. The number of carboxylic acid groups (broad SMARTS) is 1. The van der Waals surface area contributed by atoms with Gasteiger partial charge in [-0.1, -0.05) is 22.9 Å². The fourth-order valence-electron chi connectivity index (χ4n) is 2.16. The normalized spacial score (nSPS) is 16.6. The molecule has 92 valence electrons. The number of aliphatic carboxylic acids is 1. The van der Waals surface area contributed by atoms with E-state index in [2.05, 4.69) is 15.9 Å². The molecule has 0 aliphatic heterocycles. The van der Waals surface area contributed by atoms with Gasteiger partial charge in [0.05, 0.1) is 12.5 Å². The van der Waals surface area contributed by atoms with Crippen LogP contribution in [0.1, 0.15) is 30.9 Å². The Morgan fingerprint density at radius 2 is 2.18 bits per heavy atom. The van der Waals surface area contributed by atoms with Crippen LogP contribution in [-0.2, 0) is 16.6 Å². The second-order valence-electron chi connectivity index (χ2n) is 4.38. The minimum absolute atomic E-state index is 0.679. The topological polar surface area (TPSA) is 46.5 Å². The molecule has 0 saturated heterocycles. The van der Waals surface area contributed by atoms with Crippen molar-refractivity contribution in [1.82, 2.24) is 0 Å². The number of rotatable bonds is 4. The number of hydrogen-bond donors (Lipinski definition) is 1. The van der Waals surface area contributed by atoms with Crippen LogP contribution >= 0.6 is 15.9 Å². The fraction of sp³-hybridized carbons (Fsp3) is 0.462. The van der Waals surface area contributed by atoms with Crippen LogP contribution in [-0.4, -0.2) is 18.2 Å². The van der Waals surface area contributed by atoms with Gasteiger partial charge >= 0.3 is 5.97 Å². The number of benzene rings is 1. The van der Waals surface area contributed by atoms with Crippen LogP contribution in [0.5, 0.6) is 5.75 Å². The fourth-order valence-corrected chi connectivity index (χ4v) is 2.89. The highest BCUT2D eigenvalue weighted by Crippen LogP contribution is 2.50. The number of methoxy groups -OCH3 is 1. The van der Waals surface area contributed by atoms with Crippen molar-refractivity contribution >= 4 is 21.9 Å². The predicted octanol–water partition coefficient (Wildman–Crippen LogP) is 3.14. The SMILES string of the molecule is CCc1c(Br)cc(C2(C(=O)O)CC2)cc1OC. The van der Waals surface area contributed by atoms with E-state index < -0.39 is 11.4 Å². The summed E-state index contributed by atoms with van der Waals surface area (Å²) >= 11 is 3.50. The highest BCUT2D eigenvalue weighted by Gasteiger charge is 2.52. The van der Waals surface area contributed by atoms with Gasteiger partial charge in [0.25, 0.3) is 0 Å². The summed E-state index contributed by atoms with van der Waals surface area (Å²) in [6.45, 7) is 2.05. The molecule has 4 heteroatoms. The minimum atomic E-state index is -0.740. The molecule has 0 bridgehead atoms. The standard InChI is InChI=1S/C13H15BrO3/c1-3-9-10(14)6-8(7-11(9)17-2)13(4-5-13)12(15)16/h6-7H,3-5H2,1-2H3,(H,15,16). The Bertz CT molecular complexity index is 464. The lowest BCUT2D eigenvalue weighted by atomic mass is 9.94. The van der Waals surface area contributed by atoms with Crippen molar-refractivity contribution in [1.29, 1.82) is 0 Å². The predicted molar refractivity (Wildman–Crippen MR) is 68.6 cm³/mol. The van der Waals surface area contributed by atoms with E-state index in [9.17, 15) is 9.90 Å². The number of carboxylic acids is 1. The van der Waals surface area contributed by atoms with Crippen molar-refractivity contribution < 1.29 is 14.6 Å². The van der Waals surface area contributed by atoms with Crippen molar-refractivity contribution in [2.24, 2.45) is 0 Å². The summed E-state index contributed by atoms with van der Waals surface area (Å²) in [6, 6.07) is 3.78. The zero-order valence-corrected chi connectivity index (χ0v) is 11.5. The minimum Gasteiger partial charge on any atom is -0.496 e. The largest absolute Gasteiger partial charge is 0.496 e. The first-order chi connectivity index (χ1) is 8.05. The molecule has 0 aromatic heterocycles. The average Bonchev–Trinajstić information content (AvgIpc) is 3.08. The first kappa shape index (κ1) is 12.4. The third kappa shape index (κ3) is 1.95. The first-order valence-electron chi connectivity index (χ1n) is 5.65. The van der Waals surface area contributed by atoms with E-state index in [-0.39, 0.29) is 0 Å². The van der Waals surface area contributed by atoms with Crippen LogP contribution in [0.4, 0.5) is 0 Å². The first-order valence-corrected chi connectivity index (χ1v) is 6.44. The van der Waals surface area contributed by atoms with Crippen molar-refractivity contribution in [3.05, 3.63) is 27.7 Å². The third-order valence-corrected chi connectivity index (χ3v) is 4.15. The Kier molecular flexibility index (Phi) is 3.17. The van der Waals surface area contributed by atoms with E-state index in [1.54, 1.807) is 7.11 Å². The van der Waals surface area contributed by atoms with Crippen LogP contribution in [0.15, 0.2) is 16.6 Å². The zero-order chi connectivity index (χ0) is 12.6.